The Morgan fingerprint density at radius 2 is 1.95 bits per heavy atom. The molecule has 1 fully saturated rings. The van der Waals surface area contributed by atoms with Crippen molar-refractivity contribution in [3.8, 4) is 0 Å². The molecule has 4 rings (SSSR count). The predicted octanol–water partition coefficient (Wildman–Crippen LogP) is 4.89. The zero-order valence-corrected chi connectivity index (χ0v) is 12.7. The molecule has 3 atom stereocenters. The fraction of sp³-hybridized carbons (Fsp3) is 0.333. The van der Waals surface area contributed by atoms with Crippen molar-refractivity contribution >= 4 is 17.3 Å². The lowest BCUT2D eigenvalue weighted by atomic mass is 9.80. The summed E-state index contributed by atoms with van der Waals surface area (Å²) < 4.78 is 6.05. The van der Waals surface area contributed by atoms with E-state index in [9.17, 15) is 0 Å². The van der Waals surface area contributed by atoms with E-state index < -0.39 is 0 Å². The molecule has 2 unspecified atom stereocenters. The van der Waals surface area contributed by atoms with E-state index in [1.54, 1.807) is 0 Å². The van der Waals surface area contributed by atoms with Crippen LogP contribution in [-0.2, 0) is 4.74 Å². The van der Waals surface area contributed by atoms with Gasteiger partial charge >= 0.3 is 0 Å². The van der Waals surface area contributed by atoms with Crippen molar-refractivity contribution in [2.75, 3.05) is 11.9 Å². The average Bonchev–Trinajstić information content (AvgIpc) is 2.97. The number of benzene rings is 2. The number of anilines is 1. The Balaban J connectivity index is 1.77. The van der Waals surface area contributed by atoms with Gasteiger partial charge in [0.25, 0.3) is 0 Å². The summed E-state index contributed by atoms with van der Waals surface area (Å²) in [6, 6.07) is 15.0. The van der Waals surface area contributed by atoms with Gasteiger partial charge in [-0.05, 0) is 37.1 Å². The monoisotopic (exact) mass is 299 g/mol. The van der Waals surface area contributed by atoms with Gasteiger partial charge in [-0.1, -0.05) is 41.4 Å². The summed E-state index contributed by atoms with van der Waals surface area (Å²) in [6.07, 6.45) is 1.31. The third kappa shape index (κ3) is 2.23. The maximum absolute atomic E-state index is 6.05. The minimum Gasteiger partial charge on any atom is -0.378 e. The van der Waals surface area contributed by atoms with E-state index in [1.807, 2.05) is 12.1 Å². The van der Waals surface area contributed by atoms with Crippen LogP contribution in [0.3, 0.4) is 0 Å². The lowest BCUT2D eigenvalue weighted by Gasteiger charge is -2.36. The van der Waals surface area contributed by atoms with Gasteiger partial charge in [-0.2, -0.15) is 0 Å². The normalized spacial score (nSPS) is 26.9. The molecule has 0 amide bonds. The molecule has 2 aromatic rings. The van der Waals surface area contributed by atoms with Crippen LogP contribution in [0.15, 0.2) is 42.5 Å². The van der Waals surface area contributed by atoms with Crippen LogP contribution in [0.2, 0.25) is 5.02 Å². The molecule has 108 valence electrons. The number of hydrogen-bond donors (Lipinski definition) is 1. The van der Waals surface area contributed by atoms with Crippen LogP contribution in [0.5, 0.6) is 0 Å². The predicted molar refractivity (Wildman–Crippen MR) is 85.8 cm³/mol. The van der Waals surface area contributed by atoms with Gasteiger partial charge in [0.15, 0.2) is 0 Å². The summed E-state index contributed by atoms with van der Waals surface area (Å²) in [6.45, 7) is 2.98. The molecule has 0 saturated carbocycles. The fourth-order valence-corrected chi connectivity index (χ4v) is 3.72. The molecule has 21 heavy (non-hydrogen) atoms. The van der Waals surface area contributed by atoms with Gasteiger partial charge in [-0.25, -0.2) is 0 Å². The largest absolute Gasteiger partial charge is 0.378 e. The quantitative estimate of drug-likeness (QED) is 0.809. The summed E-state index contributed by atoms with van der Waals surface area (Å²) in [5, 5.41) is 4.49. The third-order valence-electron chi connectivity index (χ3n) is 4.62. The van der Waals surface area contributed by atoms with Gasteiger partial charge in [0.05, 0.1) is 12.1 Å². The van der Waals surface area contributed by atoms with Crippen molar-refractivity contribution < 1.29 is 4.74 Å². The molecule has 0 aliphatic carbocycles. The highest BCUT2D eigenvalue weighted by Gasteiger charge is 2.41. The second-order valence-corrected chi connectivity index (χ2v) is 6.44. The van der Waals surface area contributed by atoms with Crippen molar-refractivity contribution in [3.05, 3.63) is 64.2 Å². The molecule has 0 spiro atoms. The summed E-state index contributed by atoms with van der Waals surface area (Å²) in [5.74, 6) is 0.487. The molecule has 2 aliphatic heterocycles. The van der Waals surface area contributed by atoms with Crippen LogP contribution in [0.4, 0.5) is 5.69 Å². The maximum Gasteiger partial charge on any atom is 0.0896 e. The minimum absolute atomic E-state index is 0.210. The van der Waals surface area contributed by atoms with Crippen LogP contribution in [0.25, 0.3) is 0 Å². The van der Waals surface area contributed by atoms with Crippen molar-refractivity contribution in [1.29, 1.82) is 0 Å². The Kier molecular flexibility index (Phi) is 3.16. The van der Waals surface area contributed by atoms with Crippen LogP contribution < -0.4 is 5.32 Å². The molecular formula is C18H18ClNO. The Labute approximate surface area is 130 Å². The summed E-state index contributed by atoms with van der Waals surface area (Å²) >= 11 is 6.02. The Hall–Kier alpha value is -1.51. The first-order chi connectivity index (χ1) is 10.2. The minimum atomic E-state index is 0.210. The molecule has 3 heteroatoms. The maximum atomic E-state index is 6.05. The smallest absolute Gasteiger partial charge is 0.0896 e. The molecule has 0 radical (unpaired) electrons. The Morgan fingerprint density at radius 1 is 1.14 bits per heavy atom. The first-order valence-electron chi connectivity index (χ1n) is 7.46. The molecule has 2 aliphatic rings. The zero-order valence-electron chi connectivity index (χ0n) is 12.0. The Morgan fingerprint density at radius 3 is 2.76 bits per heavy atom. The Bertz CT molecular complexity index is 667. The summed E-state index contributed by atoms with van der Waals surface area (Å²) in [7, 11) is 0. The summed E-state index contributed by atoms with van der Waals surface area (Å²) in [5.41, 5.74) is 5.08. The topological polar surface area (TPSA) is 21.3 Å². The molecule has 2 nitrogen and oxygen atoms in total. The number of ether oxygens (including phenoxy) is 1. The second kappa shape index (κ2) is 5.04. The first-order valence-corrected chi connectivity index (χ1v) is 7.84. The second-order valence-electron chi connectivity index (χ2n) is 6.01. The number of hydrogen-bond acceptors (Lipinski definition) is 2. The van der Waals surface area contributed by atoms with Gasteiger partial charge < -0.3 is 10.1 Å². The third-order valence-corrected chi connectivity index (χ3v) is 4.87. The van der Waals surface area contributed by atoms with E-state index in [0.717, 1.165) is 18.1 Å². The van der Waals surface area contributed by atoms with Crippen molar-refractivity contribution in [3.63, 3.8) is 0 Å². The van der Waals surface area contributed by atoms with Gasteiger partial charge in [0.2, 0.25) is 0 Å². The molecule has 1 saturated heterocycles. The number of fused-ring (bicyclic) bond motifs is 3. The van der Waals surface area contributed by atoms with Crippen molar-refractivity contribution in [2.45, 2.75) is 25.5 Å². The van der Waals surface area contributed by atoms with E-state index in [4.69, 9.17) is 16.3 Å². The van der Waals surface area contributed by atoms with Crippen LogP contribution in [0.1, 0.15) is 35.3 Å². The first kappa shape index (κ1) is 13.2. The highest BCUT2D eigenvalue weighted by atomic mass is 35.5. The van der Waals surface area contributed by atoms with E-state index in [-0.39, 0.29) is 6.10 Å². The van der Waals surface area contributed by atoms with E-state index in [2.05, 4.69) is 42.6 Å². The van der Waals surface area contributed by atoms with Crippen molar-refractivity contribution in [2.24, 2.45) is 5.92 Å². The lowest BCUT2D eigenvalue weighted by Crippen LogP contribution is -2.29. The van der Waals surface area contributed by atoms with Gasteiger partial charge in [0.1, 0.15) is 0 Å². The number of rotatable bonds is 1. The standard InChI is InChI=1S/C18H18ClNO/c1-11-2-7-16-15(10-11)18-14(8-9-21-18)17(20-16)12-3-5-13(19)6-4-12/h2-7,10,14,17-18,20H,8-9H2,1H3/t14?,17-,18?/m0/s1. The molecular weight excluding hydrogens is 282 g/mol. The van der Waals surface area contributed by atoms with Gasteiger partial charge in [-0.15, -0.1) is 0 Å². The molecule has 0 aromatic heterocycles. The van der Waals surface area contributed by atoms with Gasteiger partial charge in [0, 0.05) is 28.8 Å². The lowest BCUT2D eigenvalue weighted by molar-refractivity contribution is 0.0829. The zero-order chi connectivity index (χ0) is 14.4. The molecule has 2 aromatic carbocycles. The van der Waals surface area contributed by atoms with Gasteiger partial charge in [-0.3, -0.25) is 0 Å². The molecule has 0 bridgehead atoms. The highest BCUT2D eigenvalue weighted by Crippen LogP contribution is 2.49. The van der Waals surface area contributed by atoms with E-state index in [0.29, 0.717) is 12.0 Å². The average molecular weight is 300 g/mol. The fourth-order valence-electron chi connectivity index (χ4n) is 3.59. The molecule has 2 heterocycles. The van der Waals surface area contributed by atoms with Crippen LogP contribution in [0, 0.1) is 12.8 Å². The van der Waals surface area contributed by atoms with Crippen LogP contribution in [-0.4, -0.2) is 6.61 Å². The highest BCUT2D eigenvalue weighted by molar-refractivity contribution is 6.30. The number of halogens is 1. The summed E-state index contributed by atoms with van der Waals surface area (Å²) in [4.78, 5) is 0. The van der Waals surface area contributed by atoms with Crippen molar-refractivity contribution in [1.82, 2.24) is 0 Å². The number of nitrogens with one attached hydrogen (secondary N) is 1. The van der Waals surface area contributed by atoms with E-state index in [1.165, 1.54) is 22.4 Å². The number of aryl methyl sites for hydroxylation is 1. The van der Waals surface area contributed by atoms with Crippen LogP contribution >= 0.6 is 11.6 Å². The molecule has 1 N–H and O–H groups in total. The SMILES string of the molecule is Cc1ccc2c(c1)C1OCCC1[C@H](c1ccc(Cl)cc1)N2. The van der Waals surface area contributed by atoms with E-state index >= 15 is 0 Å².